The molecular formula is C34H41FO6SSi. The summed E-state index contributed by atoms with van der Waals surface area (Å²) in [5, 5.41) is 31.6. The molecule has 6 nitrogen and oxygen atoms in total. The Bertz CT molecular complexity index is 1540. The first kappa shape index (κ1) is 32.8. The van der Waals surface area contributed by atoms with Gasteiger partial charge < -0.3 is 19.7 Å². The topological polar surface area (TPSA) is 104 Å². The number of sulfone groups is 1. The highest BCUT2D eigenvalue weighted by Gasteiger charge is 2.51. The molecule has 0 radical (unpaired) electrons. The second-order valence-electron chi connectivity index (χ2n) is 12.2. The van der Waals surface area contributed by atoms with Crippen LogP contribution in [0.25, 0.3) is 6.08 Å². The van der Waals surface area contributed by atoms with Crippen molar-refractivity contribution in [3.8, 4) is 5.75 Å². The number of benzene rings is 3. The van der Waals surface area contributed by atoms with Crippen LogP contribution in [0.15, 0.2) is 95.6 Å². The van der Waals surface area contributed by atoms with Gasteiger partial charge in [0.1, 0.15) is 5.25 Å². The number of aliphatic hydroxyl groups excluding tert-OH is 2. The Kier molecular flexibility index (Phi) is 10.1. The molecule has 0 amide bonds. The van der Waals surface area contributed by atoms with Crippen LogP contribution in [0.2, 0.25) is 5.04 Å². The molecule has 1 heterocycles. The van der Waals surface area contributed by atoms with E-state index >= 15 is 0 Å². The van der Waals surface area contributed by atoms with E-state index in [2.05, 4.69) is 45.0 Å². The summed E-state index contributed by atoms with van der Waals surface area (Å²) in [7, 11) is -6.72. The van der Waals surface area contributed by atoms with Gasteiger partial charge in [-0.25, -0.2) is 12.8 Å². The Labute approximate surface area is 255 Å². The number of phenolic OH excluding ortho intramolecular Hbond substituents is 1. The third-order valence-electron chi connectivity index (χ3n) is 8.17. The van der Waals surface area contributed by atoms with E-state index in [1.807, 2.05) is 43.3 Å². The second-order valence-corrected chi connectivity index (χ2v) is 18.7. The number of aliphatic hydroxyl groups is 2. The second kappa shape index (κ2) is 13.3. The minimum atomic E-state index is -3.74. The van der Waals surface area contributed by atoms with Crippen LogP contribution in [-0.4, -0.2) is 62.4 Å². The molecule has 3 aromatic rings. The zero-order chi connectivity index (χ0) is 31.4. The van der Waals surface area contributed by atoms with E-state index in [1.54, 1.807) is 12.1 Å². The first-order valence-corrected chi connectivity index (χ1v) is 18.1. The molecule has 1 aliphatic heterocycles. The first-order chi connectivity index (χ1) is 20.3. The van der Waals surface area contributed by atoms with Crippen LogP contribution < -0.4 is 10.4 Å². The van der Waals surface area contributed by atoms with Crippen molar-refractivity contribution in [2.45, 2.75) is 56.9 Å². The highest BCUT2D eigenvalue weighted by atomic mass is 32.2. The van der Waals surface area contributed by atoms with Crippen molar-refractivity contribution in [2.75, 3.05) is 19.0 Å². The maximum Gasteiger partial charge on any atom is 0.261 e. The van der Waals surface area contributed by atoms with Crippen molar-refractivity contribution in [2.24, 2.45) is 0 Å². The van der Waals surface area contributed by atoms with Crippen molar-refractivity contribution in [1.29, 1.82) is 0 Å². The molecular weight excluding hydrogens is 584 g/mol. The summed E-state index contributed by atoms with van der Waals surface area (Å²) < 4.78 is 47.2. The molecule has 230 valence electrons. The van der Waals surface area contributed by atoms with Crippen LogP contribution in [0.4, 0.5) is 4.39 Å². The highest BCUT2D eigenvalue weighted by Crippen LogP contribution is 2.39. The first-order valence-electron chi connectivity index (χ1n) is 14.4. The number of phenols is 1. The number of hydrogen-bond acceptors (Lipinski definition) is 6. The fraction of sp³-hybridized carbons (Fsp3) is 0.353. The zero-order valence-electron chi connectivity index (χ0n) is 25.1. The van der Waals surface area contributed by atoms with Crippen LogP contribution >= 0.6 is 0 Å². The van der Waals surface area contributed by atoms with Gasteiger partial charge in [-0.2, -0.15) is 0 Å². The lowest BCUT2D eigenvalue weighted by Crippen LogP contribution is -2.66. The smallest absolute Gasteiger partial charge is 0.261 e. The van der Waals surface area contributed by atoms with Crippen molar-refractivity contribution in [1.82, 2.24) is 0 Å². The Balaban J connectivity index is 1.67. The SMILES string of the molecule is C/C(=C\c1ccc(O)c(F)c1)CC[C@@H](O)C1=C(CO[Si](c2ccccc2)(c2ccccc2)C(C)(C)C)CS(=O)(=O)[C@H]1CO. The molecule has 1 aliphatic rings. The summed E-state index contributed by atoms with van der Waals surface area (Å²) in [6, 6.07) is 24.2. The fourth-order valence-corrected chi connectivity index (χ4v) is 12.5. The lowest BCUT2D eigenvalue weighted by Gasteiger charge is -2.43. The van der Waals surface area contributed by atoms with E-state index < -0.39 is 47.7 Å². The fourth-order valence-electron chi connectivity index (χ4n) is 6.08. The molecule has 0 unspecified atom stereocenters. The van der Waals surface area contributed by atoms with Gasteiger partial charge in [0.2, 0.25) is 0 Å². The maximum atomic E-state index is 13.8. The summed E-state index contributed by atoms with van der Waals surface area (Å²) in [4.78, 5) is 0. The van der Waals surface area contributed by atoms with Gasteiger partial charge >= 0.3 is 0 Å². The van der Waals surface area contributed by atoms with Crippen molar-refractivity contribution in [3.63, 3.8) is 0 Å². The van der Waals surface area contributed by atoms with Gasteiger partial charge in [-0.3, -0.25) is 0 Å². The molecule has 0 spiro atoms. The van der Waals surface area contributed by atoms with E-state index in [0.717, 1.165) is 15.9 Å². The van der Waals surface area contributed by atoms with Crippen LogP contribution in [-0.2, 0) is 14.3 Å². The molecule has 0 aromatic heterocycles. The molecule has 43 heavy (non-hydrogen) atoms. The van der Waals surface area contributed by atoms with Gasteiger partial charge in [-0.05, 0) is 64.0 Å². The summed E-state index contributed by atoms with van der Waals surface area (Å²) >= 11 is 0. The number of hydrogen-bond donors (Lipinski definition) is 3. The predicted molar refractivity (Wildman–Crippen MR) is 172 cm³/mol. The van der Waals surface area contributed by atoms with E-state index in [4.69, 9.17) is 4.43 Å². The number of rotatable bonds is 11. The van der Waals surface area contributed by atoms with Gasteiger partial charge in [0.25, 0.3) is 8.32 Å². The molecule has 3 N–H and O–H groups in total. The van der Waals surface area contributed by atoms with E-state index in [1.165, 1.54) is 12.1 Å². The number of aromatic hydroxyl groups is 1. The molecule has 0 bridgehead atoms. The number of allylic oxidation sites excluding steroid dienone is 1. The van der Waals surface area contributed by atoms with E-state index in [0.29, 0.717) is 23.1 Å². The third kappa shape index (κ3) is 7.02. The van der Waals surface area contributed by atoms with Crippen molar-refractivity contribution >= 4 is 34.6 Å². The molecule has 9 heteroatoms. The molecule has 2 atom stereocenters. The Morgan fingerprint density at radius 3 is 2.14 bits per heavy atom. The van der Waals surface area contributed by atoms with E-state index in [9.17, 15) is 28.1 Å². The molecule has 4 rings (SSSR count). The average molecular weight is 625 g/mol. The van der Waals surface area contributed by atoms with Gasteiger partial charge in [-0.1, -0.05) is 99.2 Å². The highest BCUT2D eigenvalue weighted by molar-refractivity contribution is 7.92. The summed E-state index contributed by atoms with van der Waals surface area (Å²) in [5.41, 5.74) is 2.21. The Morgan fingerprint density at radius 1 is 1.05 bits per heavy atom. The normalized spacial score (nSPS) is 18.2. The molecule has 0 aliphatic carbocycles. The standard InChI is InChI=1S/C34H41FO6SSi/c1-24(19-25-16-18-30(37)29(35)20-25)15-17-31(38)33-26(23-42(39,40)32(33)21-36)22-41-43(34(2,3)4,27-11-7-5-8-12-27)28-13-9-6-10-14-28/h5-14,16,18-20,31-32,36-38H,15,17,21-23H2,1-4H3/b24-19+/t31-,32+/m1/s1. The molecule has 0 saturated carbocycles. The Morgan fingerprint density at radius 2 is 1.63 bits per heavy atom. The third-order valence-corrected chi connectivity index (χ3v) is 15.2. The predicted octanol–water partition coefficient (Wildman–Crippen LogP) is 4.74. The average Bonchev–Trinajstić information content (AvgIpc) is 3.23. The monoisotopic (exact) mass is 624 g/mol. The Hall–Kier alpha value is -3.08. The molecule has 0 fully saturated rings. The van der Waals surface area contributed by atoms with Gasteiger partial charge in [0.15, 0.2) is 21.4 Å². The summed E-state index contributed by atoms with van der Waals surface area (Å²) in [6.45, 7) is 7.64. The molecule has 3 aromatic carbocycles. The molecule has 0 saturated heterocycles. The summed E-state index contributed by atoms with van der Waals surface area (Å²) in [6.07, 6.45) is 1.26. The largest absolute Gasteiger partial charge is 0.505 e. The summed E-state index contributed by atoms with van der Waals surface area (Å²) in [5.74, 6) is -1.44. The van der Waals surface area contributed by atoms with E-state index in [-0.39, 0.29) is 23.8 Å². The van der Waals surface area contributed by atoms with Gasteiger partial charge in [-0.15, -0.1) is 0 Å². The lowest BCUT2D eigenvalue weighted by atomic mass is 9.95. The van der Waals surface area contributed by atoms with Crippen LogP contribution in [0.5, 0.6) is 5.75 Å². The van der Waals surface area contributed by atoms with Gasteiger partial charge in [0, 0.05) is 0 Å². The minimum Gasteiger partial charge on any atom is -0.505 e. The van der Waals surface area contributed by atoms with Crippen molar-refractivity contribution < 1.29 is 32.6 Å². The van der Waals surface area contributed by atoms with Crippen molar-refractivity contribution in [3.05, 3.63) is 107 Å². The lowest BCUT2D eigenvalue weighted by molar-refractivity contribution is 0.187. The quantitative estimate of drug-likeness (QED) is 0.210. The van der Waals surface area contributed by atoms with Gasteiger partial charge in [0.05, 0.1) is 25.1 Å². The van der Waals surface area contributed by atoms with Crippen LogP contribution in [0.3, 0.4) is 0 Å². The maximum absolute atomic E-state index is 13.8. The minimum absolute atomic E-state index is 0.0109. The zero-order valence-corrected chi connectivity index (χ0v) is 26.9. The number of halogens is 1. The van der Waals surface area contributed by atoms with Crippen LogP contribution in [0.1, 0.15) is 46.1 Å². The van der Waals surface area contributed by atoms with Crippen LogP contribution in [0, 0.1) is 5.82 Å².